The van der Waals surface area contributed by atoms with Gasteiger partial charge >= 0.3 is 0 Å². The molecule has 0 aliphatic heterocycles. The largest absolute Gasteiger partial charge is 0.295 e. The number of halogens is 1. The first-order valence-corrected chi connectivity index (χ1v) is 6.59. The van der Waals surface area contributed by atoms with Crippen molar-refractivity contribution in [2.75, 3.05) is 0 Å². The van der Waals surface area contributed by atoms with E-state index in [1.54, 1.807) is 12.3 Å². The molecule has 2 rings (SSSR count). The van der Waals surface area contributed by atoms with Gasteiger partial charge in [-0.3, -0.25) is 10.1 Å². The van der Waals surface area contributed by atoms with Gasteiger partial charge in [0.2, 0.25) is 0 Å². The van der Waals surface area contributed by atoms with Crippen molar-refractivity contribution in [3.8, 4) is 0 Å². The molecule has 19 heavy (non-hydrogen) atoms. The number of aromatic nitrogens is 1. The van der Waals surface area contributed by atoms with Crippen LogP contribution in [0.4, 0.5) is 5.69 Å². The van der Waals surface area contributed by atoms with Crippen LogP contribution in [0.3, 0.4) is 0 Å². The maximum Gasteiger partial charge on any atom is 0.295 e. The van der Waals surface area contributed by atoms with Crippen LogP contribution in [0.15, 0.2) is 30.5 Å². The summed E-state index contributed by atoms with van der Waals surface area (Å²) >= 11 is 6.30. The normalized spacial score (nSPS) is 12.8. The molecule has 0 aliphatic carbocycles. The van der Waals surface area contributed by atoms with Crippen LogP contribution in [0, 0.1) is 16.0 Å². The van der Waals surface area contributed by atoms with Gasteiger partial charge < -0.3 is 0 Å². The summed E-state index contributed by atoms with van der Waals surface area (Å²) < 4.78 is 0. The van der Waals surface area contributed by atoms with Gasteiger partial charge in [0, 0.05) is 23.0 Å². The highest BCUT2D eigenvalue weighted by molar-refractivity contribution is 6.21. The Morgan fingerprint density at radius 3 is 2.74 bits per heavy atom. The number of fused-ring (bicyclic) bond motifs is 1. The van der Waals surface area contributed by atoms with E-state index < -0.39 is 4.92 Å². The first kappa shape index (κ1) is 13.7. The van der Waals surface area contributed by atoms with Crippen molar-refractivity contribution in [3.05, 3.63) is 46.1 Å². The monoisotopic (exact) mass is 278 g/mol. The molecule has 0 aliphatic rings. The minimum absolute atomic E-state index is 0.00450. The molecule has 2 aromatic rings. The lowest BCUT2D eigenvalue weighted by molar-refractivity contribution is -0.383. The molecule has 0 radical (unpaired) electrons. The van der Waals surface area contributed by atoms with Gasteiger partial charge in [-0.1, -0.05) is 26.0 Å². The zero-order chi connectivity index (χ0) is 14.0. The second kappa shape index (κ2) is 5.53. The Balaban J connectivity index is 2.52. The highest BCUT2D eigenvalue weighted by Crippen LogP contribution is 2.27. The average Bonchev–Trinajstić information content (AvgIpc) is 2.38. The SMILES string of the molecule is CC(C)C(Cl)Cc1ccnc2c([N+](=O)[O-])cccc12. The van der Waals surface area contributed by atoms with Gasteiger partial charge in [0.05, 0.1) is 4.92 Å². The van der Waals surface area contributed by atoms with Crippen LogP contribution in [0.25, 0.3) is 10.9 Å². The number of nitro benzene ring substituents is 1. The van der Waals surface area contributed by atoms with Crippen LogP contribution in [0.2, 0.25) is 0 Å². The van der Waals surface area contributed by atoms with Gasteiger partial charge in [0.25, 0.3) is 5.69 Å². The van der Waals surface area contributed by atoms with Gasteiger partial charge in [0.15, 0.2) is 0 Å². The Hall–Kier alpha value is -1.68. The van der Waals surface area contributed by atoms with Crippen molar-refractivity contribution in [2.24, 2.45) is 5.92 Å². The van der Waals surface area contributed by atoms with Crippen LogP contribution in [-0.4, -0.2) is 15.3 Å². The number of hydrogen-bond acceptors (Lipinski definition) is 3. The van der Waals surface area contributed by atoms with Crippen molar-refractivity contribution in [1.82, 2.24) is 4.98 Å². The van der Waals surface area contributed by atoms with Gasteiger partial charge in [-0.15, -0.1) is 11.6 Å². The highest BCUT2D eigenvalue weighted by atomic mass is 35.5. The maximum absolute atomic E-state index is 11.0. The van der Waals surface area contributed by atoms with Crippen LogP contribution >= 0.6 is 11.6 Å². The first-order valence-electron chi connectivity index (χ1n) is 6.15. The molecule has 0 saturated heterocycles. The summed E-state index contributed by atoms with van der Waals surface area (Å²) in [5, 5.41) is 11.8. The molecule has 1 atom stereocenters. The van der Waals surface area contributed by atoms with Crippen molar-refractivity contribution >= 4 is 28.2 Å². The highest BCUT2D eigenvalue weighted by Gasteiger charge is 2.17. The lowest BCUT2D eigenvalue weighted by atomic mass is 9.99. The van der Waals surface area contributed by atoms with E-state index in [0.29, 0.717) is 17.9 Å². The molecular formula is C14H15ClN2O2. The molecule has 0 saturated carbocycles. The summed E-state index contributed by atoms with van der Waals surface area (Å²) in [7, 11) is 0. The third kappa shape index (κ3) is 2.84. The molecule has 0 bridgehead atoms. The van der Waals surface area contributed by atoms with Crippen molar-refractivity contribution in [3.63, 3.8) is 0 Å². The zero-order valence-electron chi connectivity index (χ0n) is 10.8. The van der Waals surface area contributed by atoms with E-state index in [-0.39, 0.29) is 11.1 Å². The molecule has 0 N–H and O–H groups in total. The fraction of sp³-hybridized carbons (Fsp3) is 0.357. The number of nitro groups is 1. The van der Waals surface area contributed by atoms with Gasteiger partial charge in [-0.2, -0.15) is 0 Å². The first-order chi connectivity index (χ1) is 9.00. The summed E-state index contributed by atoms with van der Waals surface area (Å²) in [5.41, 5.74) is 1.47. The maximum atomic E-state index is 11.0. The number of pyridine rings is 1. The molecule has 1 heterocycles. The van der Waals surface area contributed by atoms with Crippen molar-refractivity contribution in [2.45, 2.75) is 25.6 Å². The van der Waals surface area contributed by atoms with E-state index in [0.717, 1.165) is 10.9 Å². The lowest BCUT2D eigenvalue weighted by Gasteiger charge is -2.14. The van der Waals surface area contributed by atoms with Gasteiger partial charge in [-0.25, -0.2) is 4.98 Å². The van der Waals surface area contributed by atoms with Crippen LogP contribution in [0.1, 0.15) is 19.4 Å². The molecule has 100 valence electrons. The summed E-state index contributed by atoms with van der Waals surface area (Å²) in [5.74, 6) is 0.351. The van der Waals surface area contributed by atoms with E-state index in [9.17, 15) is 10.1 Å². The second-order valence-corrected chi connectivity index (χ2v) is 5.43. The van der Waals surface area contributed by atoms with Crippen LogP contribution < -0.4 is 0 Å². The molecular weight excluding hydrogens is 264 g/mol. The molecule has 0 spiro atoms. The van der Waals surface area contributed by atoms with E-state index in [1.165, 1.54) is 6.07 Å². The van der Waals surface area contributed by atoms with Crippen LogP contribution in [-0.2, 0) is 6.42 Å². The summed E-state index contributed by atoms with van der Waals surface area (Å²) in [4.78, 5) is 14.7. The van der Waals surface area contributed by atoms with E-state index in [1.807, 2.05) is 12.1 Å². The number of benzene rings is 1. The summed E-state index contributed by atoms with van der Waals surface area (Å²) in [6, 6.07) is 6.89. The summed E-state index contributed by atoms with van der Waals surface area (Å²) in [6.07, 6.45) is 2.29. The van der Waals surface area contributed by atoms with Gasteiger partial charge in [-0.05, 0) is 24.0 Å². The van der Waals surface area contributed by atoms with Gasteiger partial charge in [0.1, 0.15) is 5.52 Å². The van der Waals surface area contributed by atoms with Crippen LogP contribution in [0.5, 0.6) is 0 Å². The number of nitrogens with zero attached hydrogens (tertiary/aromatic N) is 2. The molecule has 5 heteroatoms. The van der Waals surface area contributed by atoms with Crippen molar-refractivity contribution in [1.29, 1.82) is 0 Å². The Labute approximate surface area is 116 Å². The minimum Gasteiger partial charge on any atom is -0.258 e. The fourth-order valence-corrected chi connectivity index (χ4v) is 2.16. The second-order valence-electron chi connectivity index (χ2n) is 4.86. The Morgan fingerprint density at radius 2 is 2.11 bits per heavy atom. The van der Waals surface area contributed by atoms with E-state index in [2.05, 4.69) is 18.8 Å². The molecule has 0 fully saturated rings. The molecule has 1 unspecified atom stereocenters. The molecule has 1 aromatic heterocycles. The molecule has 4 nitrogen and oxygen atoms in total. The Bertz CT molecular complexity index is 613. The quantitative estimate of drug-likeness (QED) is 0.483. The van der Waals surface area contributed by atoms with E-state index >= 15 is 0 Å². The standard InChI is InChI=1S/C14H15ClN2O2/c1-9(2)12(15)8-10-6-7-16-14-11(10)4-3-5-13(14)17(18)19/h3-7,9,12H,8H2,1-2H3. The smallest absolute Gasteiger partial charge is 0.258 e. The number of hydrogen-bond donors (Lipinski definition) is 0. The Kier molecular flexibility index (Phi) is 4.00. The predicted molar refractivity (Wildman–Crippen MR) is 76.6 cm³/mol. The number of para-hydroxylation sites is 1. The average molecular weight is 279 g/mol. The topological polar surface area (TPSA) is 56.0 Å². The number of non-ortho nitro benzene ring substituents is 1. The predicted octanol–water partition coefficient (Wildman–Crippen LogP) is 3.95. The summed E-state index contributed by atoms with van der Waals surface area (Å²) in [6.45, 7) is 4.12. The Morgan fingerprint density at radius 1 is 1.37 bits per heavy atom. The molecule has 1 aromatic carbocycles. The minimum atomic E-state index is -0.403. The van der Waals surface area contributed by atoms with Crippen molar-refractivity contribution < 1.29 is 4.92 Å². The molecule has 0 amide bonds. The zero-order valence-corrected chi connectivity index (χ0v) is 11.6. The lowest BCUT2D eigenvalue weighted by Crippen LogP contribution is -2.11. The number of alkyl halides is 1. The number of rotatable bonds is 4. The third-order valence-corrected chi connectivity index (χ3v) is 3.83. The van der Waals surface area contributed by atoms with E-state index in [4.69, 9.17) is 11.6 Å². The fourth-order valence-electron chi connectivity index (χ4n) is 1.99. The third-order valence-electron chi connectivity index (χ3n) is 3.18.